The van der Waals surface area contributed by atoms with Crippen molar-refractivity contribution in [1.29, 1.82) is 0 Å². The Morgan fingerprint density at radius 2 is 1.62 bits per heavy atom. The predicted octanol–water partition coefficient (Wildman–Crippen LogP) is 2.89. The molecule has 0 atom stereocenters. The van der Waals surface area contributed by atoms with Crippen molar-refractivity contribution in [3.05, 3.63) is 52.2 Å². The minimum atomic E-state index is -0.364. The van der Waals surface area contributed by atoms with Crippen molar-refractivity contribution in [3.63, 3.8) is 0 Å². The number of phenols is 3. The van der Waals surface area contributed by atoms with Gasteiger partial charge in [-0.05, 0) is 31.2 Å². The van der Waals surface area contributed by atoms with Gasteiger partial charge in [0.2, 0.25) is 0 Å². The Balaban J connectivity index is 2.37. The predicted molar refractivity (Wildman–Crippen MR) is 77.7 cm³/mol. The van der Waals surface area contributed by atoms with Gasteiger partial charge in [0, 0.05) is 23.3 Å². The molecule has 0 aliphatic rings. The Bertz CT molecular complexity index is 891. The van der Waals surface area contributed by atoms with E-state index in [1.54, 1.807) is 19.1 Å². The normalized spacial score (nSPS) is 10.9. The van der Waals surface area contributed by atoms with E-state index in [4.69, 9.17) is 4.42 Å². The minimum Gasteiger partial charge on any atom is -0.508 e. The maximum atomic E-state index is 12.4. The van der Waals surface area contributed by atoms with Crippen LogP contribution in [0.5, 0.6) is 17.2 Å². The molecule has 0 unspecified atom stereocenters. The van der Waals surface area contributed by atoms with Crippen LogP contribution in [0.1, 0.15) is 5.56 Å². The number of hydrogen-bond acceptors (Lipinski definition) is 5. The Labute approximate surface area is 119 Å². The number of hydrogen-bond donors (Lipinski definition) is 3. The second-order valence-corrected chi connectivity index (χ2v) is 4.77. The fourth-order valence-electron chi connectivity index (χ4n) is 2.26. The molecule has 2 aromatic carbocycles. The maximum absolute atomic E-state index is 12.4. The van der Waals surface area contributed by atoms with Crippen LogP contribution in [-0.4, -0.2) is 15.3 Å². The van der Waals surface area contributed by atoms with Gasteiger partial charge in [-0.1, -0.05) is 0 Å². The zero-order chi connectivity index (χ0) is 15.1. The van der Waals surface area contributed by atoms with Gasteiger partial charge in [-0.25, -0.2) is 0 Å². The summed E-state index contributed by atoms with van der Waals surface area (Å²) in [6, 6.07) is 8.58. The second-order valence-electron chi connectivity index (χ2n) is 4.77. The molecule has 3 N–H and O–H groups in total. The molecule has 3 rings (SSSR count). The van der Waals surface area contributed by atoms with Gasteiger partial charge in [0.15, 0.2) is 5.43 Å². The van der Waals surface area contributed by atoms with Gasteiger partial charge in [-0.15, -0.1) is 0 Å². The van der Waals surface area contributed by atoms with E-state index < -0.39 is 0 Å². The quantitative estimate of drug-likeness (QED) is 0.639. The number of aromatic hydroxyl groups is 3. The summed E-state index contributed by atoms with van der Waals surface area (Å²) in [5.74, 6) is -0.0740. The zero-order valence-electron chi connectivity index (χ0n) is 11.1. The molecule has 5 heteroatoms. The molecule has 5 nitrogen and oxygen atoms in total. The van der Waals surface area contributed by atoms with Crippen LogP contribution in [0.15, 0.2) is 45.6 Å². The largest absolute Gasteiger partial charge is 0.508 e. The molecule has 0 aliphatic heterocycles. The molecular weight excluding hydrogens is 272 g/mol. The lowest BCUT2D eigenvalue weighted by atomic mass is 10.1. The second kappa shape index (κ2) is 4.56. The van der Waals surface area contributed by atoms with Crippen molar-refractivity contribution in [1.82, 2.24) is 0 Å². The summed E-state index contributed by atoms with van der Waals surface area (Å²) < 4.78 is 5.66. The Morgan fingerprint density at radius 3 is 2.29 bits per heavy atom. The van der Waals surface area contributed by atoms with Crippen LogP contribution < -0.4 is 5.43 Å². The monoisotopic (exact) mass is 284 g/mol. The van der Waals surface area contributed by atoms with Crippen LogP contribution in [-0.2, 0) is 0 Å². The molecule has 0 radical (unpaired) electrons. The average molecular weight is 284 g/mol. The van der Waals surface area contributed by atoms with Crippen LogP contribution in [0.4, 0.5) is 0 Å². The van der Waals surface area contributed by atoms with Gasteiger partial charge >= 0.3 is 0 Å². The van der Waals surface area contributed by atoms with E-state index in [1.165, 1.54) is 18.2 Å². The average Bonchev–Trinajstić information content (AvgIpc) is 2.43. The number of rotatable bonds is 1. The van der Waals surface area contributed by atoms with Crippen molar-refractivity contribution >= 4 is 11.0 Å². The first-order valence-electron chi connectivity index (χ1n) is 6.26. The fourth-order valence-corrected chi connectivity index (χ4v) is 2.26. The van der Waals surface area contributed by atoms with Crippen LogP contribution in [0.2, 0.25) is 0 Å². The number of fused-ring (bicyclic) bond motifs is 1. The van der Waals surface area contributed by atoms with Crippen molar-refractivity contribution in [2.45, 2.75) is 6.92 Å². The van der Waals surface area contributed by atoms with Crippen LogP contribution in [0, 0.1) is 6.92 Å². The molecule has 0 saturated heterocycles. The lowest BCUT2D eigenvalue weighted by molar-refractivity contribution is 0.452. The fraction of sp³-hybridized carbons (Fsp3) is 0.0625. The highest BCUT2D eigenvalue weighted by Crippen LogP contribution is 2.32. The summed E-state index contributed by atoms with van der Waals surface area (Å²) in [4.78, 5) is 12.4. The van der Waals surface area contributed by atoms with Crippen molar-refractivity contribution in [3.8, 4) is 28.6 Å². The van der Waals surface area contributed by atoms with Gasteiger partial charge < -0.3 is 19.7 Å². The lowest BCUT2D eigenvalue weighted by Gasteiger charge is -2.08. The van der Waals surface area contributed by atoms with Crippen molar-refractivity contribution in [2.75, 3.05) is 0 Å². The summed E-state index contributed by atoms with van der Waals surface area (Å²) in [6.45, 7) is 1.60. The molecule has 0 fully saturated rings. The van der Waals surface area contributed by atoms with E-state index in [9.17, 15) is 20.1 Å². The van der Waals surface area contributed by atoms with Crippen LogP contribution in [0.3, 0.4) is 0 Å². The van der Waals surface area contributed by atoms with Gasteiger partial charge in [-0.3, -0.25) is 4.79 Å². The third kappa shape index (κ3) is 2.08. The van der Waals surface area contributed by atoms with Gasteiger partial charge in [0.25, 0.3) is 0 Å². The Morgan fingerprint density at radius 1 is 0.952 bits per heavy atom. The maximum Gasteiger partial charge on any atom is 0.199 e. The first-order chi connectivity index (χ1) is 9.97. The highest BCUT2D eigenvalue weighted by atomic mass is 16.3. The van der Waals surface area contributed by atoms with Crippen LogP contribution in [0.25, 0.3) is 22.3 Å². The van der Waals surface area contributed by atoms with E-state index >= 15 is 0 Å². The van der Waals surface area contributed by atoms with E-state index in [2.05, 4.69) is 0 Å². The summed E-state index contributed by atoms with van der Waals surface area (Å²) in [5, 5.41) is 28.7. The Kier molecular flexibility index (Phi) is 2.83. The van der Waals surface area contributed by atoms with Crippen molar-refractivity contribution in [2.24, 2.45) is 0 Å². The molecule has 21 heavy (non-hydrogen) atoms. The molecule has 0 spiro atoms. The number of phenolic OH excluding ortho intramolecular Hbond substituents is 3. The van der Waals surface area contributed by atoms with Crippen molar-refractivity contribution < 1.29 is 19.7 Å². The molecule has 1 heterocycles. The Hall–Kier alpha value is -2.95. The third-order valence-corrected chi connectivity index (χ3v) is 3.32. The smallest absolute Gasteiger partial charge is 0.199 e. The lowest BCUT2D eigenvalue weighted by Crippen LogP contribution is -2.07. The topological polar surface area (TPSA) is 90.9 Å². The van der Waals surface area contributed by atoms with E-state index in [0.717, 1.165) is 6.07 Å². The molecule has 106 valence electrons. The summed E-state index contributed by atoms with van der Waals surface area (Å²) in [6.07, 6.45) is 0. The minimum absolute atomic E-state index is 0.0350. The summed E-state index contributed by atoms with van der Waals surface area (Å²) in [5.41, 5.74) is 0.698. The molecule has 0 saturated carbocycles. The molecule has 0 amide bonds. The van der Waals surface area contributed by atoms with E-state index in [0.29, 0.717) is 16.9 Å². The van der Waals surface area contributed by atoms with E-state index in [-0.39, 0.29) is 33.6 Å². The third-order valence-electron chi connectivity index (χ3n) is 3.32. The van der Waals surface area contributed by atoms with Gasteiger partial charge in [-0.2, -0.15) is 0 Å². The standard InChI is InChI=1S/C16H12O5/c1-8-15(20)14-12(19)6-11(18)7-13(14)21-16(8)9-2-4-10(17)5-3-9/h2-7,17-19H,1H3. The van der Waals surface area contributed by atoms with Gasteiger partial charge in [0.1, 0.15) is 34.0 Å². The SMILES string of the molecule is Cc1c(-c2ccc(O)cc2)oc2cc(O)cc(O)c2c1=O. The molecular formula is C16H12O5. The van der Waals surface area contributed by atoms with E-state index in [1.807, 2.05) is 0 Å². The molecule has 0 bridgehead atoms. The summed E-state index contributed by atoms with van der Waals surface area (Å²) in [7, 11) is 0. The van der Waals surface area contributed by atoms with Gasteiger partial charge in [0.05, 0.1) is 0 Å². The van der Waals surface area contributed by atoms with Crippen LogP contribution >= 0.6 is 0 Å². The highest BCUT2D eigenvalue weighted by Gasteiger charge is 2.16. The first-order valence-corrected chi connectivity index (χ1v) is 6.26. The molecule has 3 aromatic rings. The zero-order valence-corrected chi connectivity index (χ0v) is 11.1. The number of benzene rings is 2. The molecule has 1 aromatic heterocycles. The summed E-state index contributed by atoms with van der Waals surface area (Å²) >= 11 is 0. The first kappa shape index (κ1) is 13.1. The molecule has 0 aliphatic carbocycles. The highest BCUT2D eigenvalue weighted by molar-refractivity contribution is 5.87.